The monoisotopic (exact) mass is 880 g/mol. The van der Waals surface area contributed by atoms with Gasteiger partial charge in [0.15, 0.2) is 0 Å². The summed E-state index contributed by atoms with van der Waals surface area (Å²) in [5.74, 6) is 0.544. The molecule has 0 saturated heterocycles. The molecule has 0 aliphatic carbocycles. The summed E-state index contributed by atoms with van der Waals surface area (Å²) < 4.78 is 12.0. The van der Waals surface area contributed by atoms with Crippen molar-refractivity contribution in [1.29, 1.82) is 0 Å². The van der Waals surface area contributed by atoms with Crippen molar-refractivity contribution in [3.05, 3.63) is 216 Å². The highest BCUT2D eigenvalue weighted by molar-refractivity contribution is 6.30. The van der Waals surface area contributed by atoms with Crippen LogP contribution in [-0.2, 0) is 9.59 Å². The summed E-state index contributed by atoms with van der Waals surface area (Å²) in [5, 5.41) is 9.20. The number of methoxy groups -OCH3 is 2. The molecule has 0 unspecified atom stereocenters. The van der Waals surface area contributed by atoms with Gasteiger partial charge >= 0.3 is 0 Å². The van der Waals surface area contributed by atoms with Gasteiger partial charge < -0.3 is 19.3 Å². The number of amides is 2. The van der Waals surface area contributed by atoms with Gasteiger partial charge in [-0.1, -0.05) is 170 Å². The van der Waals surface area contributed by atoms with Gasteiger partial charge in [0.1, 0.15) is 11.5 Å². The van der Waals surface area contributed by atoms with E-state index in [1.54, 1.807) is 38.1 Å². The zero-order valence-electron chi connectivity index (χ0n) is 38.0. The first-order valence-electron chi connectivity index (χ1n) is 22.8. The molecule has 6 nitrogen and oxygen atoms in total. The molecule has 10 aromatic rings. The van der Waals surface area contributed by atoms with E-state index in [1.165, 1.54) is 32.7 Å². The van der Waals surface area contributed by atoms with Crippen molar-refractivity contribution in [2.45, 2.75) is 0 Å². The molecule has 0 spiro atoms. The number of fused-ring (bicyclic) bond motifs is 5. The number of likely N-dealkylation sites (N-methyl/N-ethyl adjacent to an activating group) is 2. The summed E-state index contributed by atoms with van der Waals surface area (Å²) in [6, 6.07) is 67.6. The van der Waals surface area contributed by atoms with Crippen LogP contribution in [0.1, 0.15) is 11.1 Å². The maximum absolute atomic E-state index is 14.8. The Morgan fingerprint density at radius 1 is 0.324 bits per heavy atom. The van der Waals surface area contributed by atoms with Crippen molar-refractivity contribution >= 4 is 66.3 Å². The van der Waals surface area contributed by atoms with E-state index in [1.807, 2.05) is 36.4 Å². The van der Waals surface area contributed by atoms with Crippen LogP contribution in [0.4, 0.5) is 0 Å². The van der Waals surface area contributed by atoms with Gasteiger partial charge in [-0.05, 0) is 112 Å². The molecule has 0 N–H and O–H groups in total. The normalized spacial score (nSPS) is 13.8. The maximum atomic E-state index is 14.8. The summed E-state index contributed by atoms with van der Waals surface area (Å²) in [6.07, 6.45) is 0. The highest BCUT2D eigenvalue weighted by atomic mass is 16.5. The highest BCUT2D eigenvalue weighted by Crippen LogP contribution is 2.50. The second-order valence-corrected chi connectivity index (χ2v) is 17.5. The fourth-order valence-corrected chi connectivity index (χ4v) is 10.8. The highest BCUT2D eigenvalue weighted by Gasteiger charge is 2.48. The summed E-state index contributed by atoms with van der Waals surface area (Å²) in [5.41, 5.74) is 11.5. The quantitative estimate of drug-likeness (QED) is 0.153. The predicted octanol–water partition coefficient (Wildman–Crippen LogP) is 14.1. The molecule has 2 amide bonds. The van der Waals surface area contributed by atoms with Crippen LogP contribution in [0.5, 0.6) is 11.5 Å². The minimum Gasteiger partial charge on any atom is -0.496 e. The Morgan fingerprint density at radius 3 is 1.04 bits per heavy atom. The van der Waals surface area contributed by atoms with E-state index in [-0.39, 0.29) is 11.8 Å². The van der Waals surface area contributed by atoms with Gasteiger partial charge in [0.2, 0.25) is 0 Å². The fourth-order valence-electron chi connectivity index (χ4n) is 10.8. The molecule has 0 radical (unpaired) electrons. The molecule has 0 bridgehead atoms. The minimum atomic E-state index is -0.280. The first kappa shape index (κ1) is 40.7. The molecule has 6 heteroatoms. The molecule has 0 aromatic heterocycles. The largest absolute Gasteiger partial charge is 0.496 e. The third kappa shape index (κ3) is 6.18. The zero-order valence-corrected chi connectivity index (χ0v) is 38.0. The lowest BCUT2D eigenvalue weighted by Gasteiger charge is -2.23. The van der Waals surface area contributed by atoms with Gasteiger partial charge in [0.05, 0.1) is 36.8 Å². The molecule has 0 atom stereocenters. The number of carbonyl (C=O) groups excluding carboxylic acids is 2. The van der Waals surface area contributed by atoms with Crippen LogP contribution in [0.2, 0.25) is 0 Å². The van der Waals surface area contributed by atoms with Crippen LogP contribution < -0.4 is 9.47 Å². The summed E-state index contributed by atoms with van der Waals surface area (Å²) >= 11 is 0. The zero-order chi connectivity index (χ0) is 46.2. The Kier molecular flexibility index (Phi) is 9.59. The Labute approximate surface area is 394 Å². The van der Waals surface area contributed by atoms with E-state index in [4.69, 9.17) is 9.47 Å². The summed E-state index contributed by atoms with van der Waals surface area (Å²) in [4.78, 5) is 32.8. The number of rotatable bonds is 8. The smallest absolute Gasteiger partial charge is 0.261 e. The number of hydrogen-bond acceptors (Lipinski definition) is 4. The summed E-state index contributed by atoms with van der Waals surface area (Å²) in [6.45, 7) is 0. The first-order valence-corrected chi connectivity index (χ1v) is 22.8. The summed E-state index contributed by atoms with van der Waals surface area (Å²) in [7, 11) is 6.71. The lowest BCUT2D eigenvalue weighted by atomic mass is 9.89. The molecule has 0 saturated carbocycles. The second-order valence-electron chi connectivity index (χ2n) is 17.5. The topological polar surface area (TPSA) is 59.1 Å². The molecule has 2 heterocycles. The number of ether oxygens (including phenoxy) is 2. The van der Waals surface area contributed by atoms with Crippen LogP contribution in [-0.4, -0.2) is 49.9 Å². The molecular formula is C62H44N2O4. The van der Waals surface area contributed by atoms with Gasteiger partial charge in [-0.15, -0.1) is 0 Å². The molecule has 10 aromatic carbocycles. The van der Waals surface area contributed by atoms with Crippen molar-refractivity contribution in [1.82, 2.24) is 9.80 Å². The van der Waals surface area contributed by atoms with Crippen LogP contribution >= 0.6 is 0 Å². The molecule has 68 heavy (non-hydrogen) atoms. The maximum Gasteiger partial charge on any atom is 0.261 e. The average Bonchev–Trinajstić information content (AvgIpc) is 3.80. The fraction of sp³-hybridized carbons (Fsp3) is 0.0645. The Balaban J connectivity index is 0.999. The SMILES string of the molecule is COc1ccc(-c2ccc(-c3cccc4ccccc34)c3ccccc23)cc1C1=C2C(=O)N(C)C(c3cc(-c4ccc(-c5cccc6ccccc56)c5ccccc45)ccc3OC)=C2C(=O)N1C. The van der Waals surface area contributed by atoms with Crippen LogP contribution in [0.25, 0.3) is 99.0 Å². The third-order valence-electron chi connectivity index (χ3n) is 14.0. The Morgan fingerprint density at radius 2 is 0.647 bits per heavy atom. The number of benzene rings is 10. The first-order chi connectivity index (χ1) is 33.3. The van der Waals surface area contributed by atoms with Gasteiger partial charge in [-0.2, -0.15) is 0 Å². The van der Waals surface area contributed by atoms with E-state index in [0.717, 1.165) is 54.9 Å². The molecule has 2 aliphatic heterocycles. The van der Waals surface area contributed by atoms with Crippen molar-refractivity contribution in [3.8, 4) is 56.0 Å². The Bertz CT molecular complexity index is 3600. The lowest BCUT2D eigenvalue weighted by molar-refractivity contribution is -0.123. The molecule has 12 rings (SSSR count). The van der Waals surface area contributed by atoms with Gasteiger partial charge in [-0.3, -0.25) is 9.59 Å². The van der Waals surface area contributed by atoms with E-state index in [0.29, 0.717) is 45.2 Å². The van der Waals surface area contributed by atoms with Crippen LogP contribution in [0, 0.1) is 0 Å². The average molecular weight is 881 g/mol. The van der Waals surface area contributed by atoms with Crippen molar-refractivity contribution in [2.75, 3.05) is 28.3 Å². The number of nitrogens with zero attached hydrogens (tertiary/aromatic N) is 2. The predicted molar refractivity (Wildman–Crippen MR) is 277 cm³/mol. The van der Waals surface area contributed by atoms with Crippen LogP contribution in [0.15, 0.2) is 205 Å². The third-order valence-corrected chi connectivity index (χ3v) is 14.0. The molecule has 2 aliphatic rings. The second kappa shape index (κ2) is 16.0. The number of hydrogen-bond donors (Lipinski definition) is 0. The van der Waals surface area contributed by atoms with E-state index in [9.17, 15) is 9.59 Å². The van der Waals surface area contributed by atoms with Crippen molar-refractivity contribution in [2.24, 2.45) is 0 Å². The van der Waals surface area contributed by atoms with Gasteiger partial charge in [-0.25, -0.2) is 0 Å². The van der Waals surface area contributed by atoms with E-state index >= 15 is 0 Å². The van der Waals surface area contributed by atoms with Gasteiger partial charge in [0, 0.05) is 25.2 Å². The van der Waals surface area contributed by atoms with Gasteiger partial charge in [0.25, 0.3) is 11.8 Å². The lowest BCUT2D eigenvalue weighted by Crippen LogP contribution is -2.25. The number of carbonyl (C=O) groups is 2. The molecule has 326 valence electrons. The van der Waals surface area contributed by atoms with Crippen molar-refractivity contribution < 1.29 is 19.1 Å². The minimum absolute atomic E-state index is 0.280. The van der Waals surface area contributed by atoms with E-state index in [2.05, 4.69) is 158 Å². The molecular weight excluding hydrogens is 837 g/mol. The van der Waals surface area contributed by atoms with E-state index < -0.39 is 0 Å². The van der Waals surface area contributed by atoms with Crippen molar-refractivity contribution in [3.63, 3.8) is 0 Å². The Hall–Kier alpha value is -8.74. The standard InChI is InChI=1S/C62H44N2O4/c1-63-59(53-35-39(27-33-55(53)67-3)43-29-31-51(49-23-11-9-21-45(43)49)47-25-13-17-37-15-5-7-19-41(37)47)57-58(61(63)65)60(64(2)62(57)66)54-36-40(28-34-56(54)68-4)44-30-32-52(50-24-12-10-22-46(44)50)48-26-14-18-38-16-6-8-20-42(38)48/h5-36H,1-4H3. The van der Waals surface area contributed by atoms with Crippen LogP contribution in [0.3, 0.4) is 0 Å². The molecule has 0 fully saturated rings.